The number of fused-ring (bicyclic) bond motifs is 1. The molecule has 2 aromatic heterocycles. The van der Waals surface area contributed by atoms with E-state index in [0.717, 1.165) is 25.7 Å². The topological polar surface area (TPSA) is 73.6 Å². The molecule has 0 aliphatic heterocycles. The minimum Gasteiger partial charge on any atom is -0.360 e. The molecule has 21 heavy (non-hydrogen) atoms. The molecule has 0 unspecified atom stereocenters. The summed E-state index contributed by atoms with van der Waals surface area (Å²) < 4.78 is 1.86. The van der Waals surface area contributed by atoms with Crippen LogP contribution in [0.1, 0.15) is 16.2 Å². The van der Waals surface area contributed by atoms with Crippen molar-refractivity contribution < 1.29 is 4.79 Å². The van der Waals surface area contributed by atoms with Crippen molar-refractivity contribution in [1.29, 1.82) is 0 Å². The fraction of sp³-hybridized carbons (Fsp3) is 0.143. The molecule has 1 amide bonds. The Hall–Kier alpha value is -1.60. The van der Waals surface area contributed by atoms with E-state index in [4.69, 9.17) is 0 Å². The van der Waals surface area contributed by atoms with Gasteiger partial charge in [0.1, 0.15) is 5.82 Å². The van der Waals surface area contributed by atoms with Gasteiger partial charge in [-0.1, -0.05) is 0 Å². The Labute approximate surface area is 137 Å². The minimum atomic E-state index is -0.0953. The summed E-state index contributed by atoms with van der Waals surface area (Å²) in [7, 11) is 0. The Bertz CT molecular complexity index is 780. The van der Waals surface area contributed by atoms with E-state index in [-0.39, 0.29) is 5.91 Å². The molecule has 0 atom stereocenters. The van der Waals surface area contributed by atoms with Crippen LogP contribution >= 0.6 is 31.9 Å². The number of aromatic nitrogens is 3. The summed E-state index contributed by atoms with van der Waals surface area (Å²) in [5.41, 5.74) is 1.55. The van der Waals surface area contributed by atoms with Crippen molar-refractivity contribution in [2.75, 3.05) is 6.54 Å². The maximum absolute atomic E-state index is 12.3. The number of nitrogens with zero attached hydrogens (tertiary/aromatic N) is 1. The van der Waals surface area contributed by atoms with Crippen LogP contribution in [0.15, 0.2) is 39.7 Å². The smallest absolute Gasteiger partial charge is 0.253 e. The highest BCUT2D eigenvalue weighted by Gasteiger charge is 2.13. The van der Waals surface area contributed by atoms with Crippen LogP contribution in [0.25, 0.3) is 10.9 Å². The molecule has 2 heterocycles. The Morgan fingerprint density at radius 2 is 2.05 bits per heavy atom. The molecule has 0 saturated heterocycles. The van der Waals surface area contributed by atoms with Crippen LogP contribution in [0.3, 0.4) is 0 Å². The first-order valence-corrected chi connectivity index (χ1v) is 7.96. The summed E-state index contributed by atoms with van der Waals surface area (Å²) in [6.45, 7) is 0.538. The Morgan fingerprint density at radius 1 is 1.24 bits per heavy atom. The highest BCUT2D eigenvalue weighted by Crippen LogP contribution is 2.29. The van der Waals surface area contributed by atoms with E-state index in [1.807, 2.05) is 12.1 Å². The molecule has 3 N–H and O–H groups in total. The van der Waals surface area contributed by atoms with Crippen LogP contribution in [-0.2, 0) is 6.42 Å². The van der Waals surface area contributed by atoms with Gasteiger partial charge in [0.15, 0.2) is 0 Å². The van der Waals surface area contributed by atoms with Gasteiger partial charge in [0.05, 0.1) is 5.56 Å². The van der Waals surface area contributed by atoms with Crippen LogP contribution in [-0.4, -0.2) is 27.4 Å². The maximum Gasteiger partial charge on any atom is 0.253 e. The molecule has 1 aromatic carbocycles. The van der Waals surface area contributed by atoms with E-state index in [2.05, 4.69) is 52.1 Å². The van der Waals surface area contributed by atoms with Gasteiger partial charge < -0.3 is 15.3 Å². The van der Waals surface area contributed by atoms with E-state index < -0.39 is 0 Å². The fourth-order valence-electron chi connectivity index (χ4n) is 2.13. The number of hydrogen-bond acceptors (Lipinski definition) is 2. The molecule has 7 heteroatoms. The molecule has 0 aliphatic carbocycles. The molecule has 5 nitrogen and oxygen atoms in total. The fourth-order valence-corrected chi connectivity index (χ4v) is 2.82. The van der Waals surface area contributed by atoms with Crippen molar-refractivity contribution in [2.24, 2.45) is 0 Å². The summed E-state index contributed by atoms with van der Waals surface area (Å²) in [4.78, 5) is 22.5. The van der Waals surface area contributed by atoms with Gasteiger partial charge in [-0.05, 0) is 44.0 Å². The molecule has 0 fully saturated rings. The second kappa shape index (κ2) is 6.03. The Morgan fingerprint density at radius 3 is 2.81 bits per heavy atom. The number of H-pyrrole nitrogens is 2. The van der Waals surface area contributed by atoms with Gasteiger partial charge in [-0.25, -0.2) is 4.98 Å². The summed E-state index contributed by atoms with van der Waals surface area (Å²) in [6, 6.07) is 3.87. The predicted molar refractivity (Wildman–Crippen MR) is 88.3 cm³/mol. The summed E-state index contributed by atoms with van der Waals surface area (Å²) in [5, 5.41) is 3.79. The quantitative estimate of drug-likeness (QED) is 0.615. The zero-order valence-corrected chi connectivity index (χ0v) is 14.1. The second-order valence-electron chi connectivity index (χ2n) is 4.56. The van der Waals surface area contributed by atoms with E-state index in [1.54, 1.807) is 18.6 Å². The number of imidazole rings is 1. The van der Waals surface area contributed by atoms with E-state index in [9.17, 15) is 4.79 Å². The SMILES string of the molecule is O=C(NCCc1ncc[nH]1)c1c[nH]c2cc(Br)c(Br)cc12. The third-order valence-corrected chi connectivity index (χ3v) is 5.01. The molecule has 0 aliphatic rings. The zero-order chi connectivity index (χ0) is 14.8. The lowest BCUT2D eigenvalue weighted by atomic mass is 10.1. The van der Waals surface area contributed by atoms with Gasteiger partial charge in [-0.2, -0.15) is 0 Å². The summed E-state index contributed by atoms with van der Waals surface area (Å²) in [5.74, 6) is 0.767. The van der Waals surface area contributed by atoms with Gasteiger partial charge in [0.2, 0.25) is 0 Å². The standard InChI is InChI=1S/C14H12Br2N4O/c15-10-5-8-9(7-20-12(8)6-11(10)16)14(21)19-2-1-13-17-3-4-18-13/h3-7,20H,1-2H2,(H,17,18)(H,19,21). The van der Waals surface area contributed by atoms with Crippen LogP contribution < -0.4 is 5.32 Å². The normalized spacial score (nSPS) is 11.0. The summed E-state index contributed by atoms with van der Waals surface area (Å²) >= 11 is 6.91. The first kappa shape index (κ1) is 14.3. The number of carbonyl (C=O) groups excluding carboxylic acids is 1. The molecule has 0 radical (unpaired) electrons. The monoisotopic (exact) mass is 410 g/mol. The average molecular weight is 412 g/mol. The van der Waals surface area contributed by atoms with E-state index >= 15 is 0 Å². The summed E-state index contributed by atoms with van der Waals surface area (Å²) in [6.07, 6.45) is 5.88. The first-order valence-electron chi connectivity index (χ1n) is 6.38. The molecular formula is C14H12Br2N4O. The van der Waals surface area contributed by atoms with Gasteiger partial charge in [0.25, 0.3) is 5.91 Å². The third-order valence-electron chi connectivity index (χ3n) is 3.17. The first-order chi connectivity index (χ1) is 10.1. The van der Waals surface area contributed by atoms with Crippen LogP contribution in [0.4, 0.5) is 0 Å². The second-order valence-corrected chi connectivity index (χ2v) is 6.26. The van der Waals surface area contributed by atoms with E-state index in [1.165, 1.54) is 0 Å². The lowest BCUT2D eigenvalue weighted by Gasteiger charge is -2.04. The van der Waals surface area contributed by atoms with Crippen molar-refractivity contribution in [3.8, 4) is 0 Å². The molecule has 108 valence electrons. The highest BCUT2D eigenvalue weighted by atomic mass is 79.9. The lowest BCUT2D eigenvalue weighted by Crippen LogP contribution is -2.25. The average Bonchev–Trinajstić information content (AvgIpc) is 3.09. The van der Waals surface area contributed by atoms with Crippen LogP contribution in [0.2, 0.25) is 0 Å². The van der Waals surface area contributed by atoms with Crippen molar-refractivity contribution in [3.05, 3.63) is 51.1 Å². The number of nitrogens with one attached hydrogen (secondary N) is 3. The number of rotatable bonds is 4. The number of aromatic amines is 2. The highest BCUT2D eigenvalue weighted by molar-refractivity contribution is 9.13. The van der Waals surface area contributed by atoms with Crippen LogP contribution in [0, 0.1) is 0 Å². The number of hydrogen-bond donors (Lipinski definition) is 3. The maximum atomic E-state index is 12.3. The van der Waals surface area contributed by atoms with Gasteiger partial charge >= 0.3 is 0 Å². The van der Waals surface area contributed by atoms with Gasteiger partial charge in [-0.3, -0.25) is 4.79 Å². The lowest BCUT2D eigenvalue weighted by molar-refractivity contribution is 0.0955. The van der Waals surface area contributed by atoms with Crippen molar-refractivity contribution in [3.63, 3.8) is 0 Å². The van der Waals surface area contributed by atoms with Crippen molar-refractivity contribution in [1.82, 2.24) is 20.3 Å². The molecule has 3 rings (SSSR count). The predicted octanol–water partition coefficient (Wildman–Crippen LogP) is 3.39. The number of amides is 1. The molecule has 3 aromatic rings. The minimum absolute atomic E-state index is 0.0953. The molecule has 0 spiro atoms. The van der Waals surface area contributed by atoms with Gasteiger partial charge in [-0.15, -0.1) is 0 Å². The number of halogens is 2. The number of carbonyl (C=O) groups is 1. The Balaban J connectivity index is 1.74. The van der Waals surface area contributed by atoms with Crippen LogP contribution in [0.5, 0.6) is 0 Å². The Kier molecular flexibility index (Phi) is 4.12. The number of benzene rings is 1. The molecule has 0 saturated carbocycles. The zero-order valence-electron chi connectivity index (χ0n) is 10.9. The van der Waals surface area contributed by atoms with Crippen molar-refractivity contribution >= 4 is 48.7 Å². The largest absolute Gasteiger partial charge is 0.360 e. The third kappa shape index (κ3) is 3.03. The molecule has 0 bridgehead atoms. The molecular weight excluding hydrogens is 400 g/mol. The van der Waals surface area contributed by atoms with Crippen molar-refractivity contribution in [2.45, 2.75) is 6.42 Å². The van der Waals surface area contributed by atoms with Gasteiger partial charge in [0, 0.05) is 51.4 Å². The van der Waals surface area contributed by atoms with E-state index in [0.29, 0.717) is 18.5 Å².